The molecule has 1 saturated heterocycles. The molecule has 2 aliphatic rings. The summed E-state index contributed by atoms with van der Waals surface area (Å²) in [6.07, 6.45) is 3.34. The molecule has 1 aliphatic carbocycles. The molecular formula is C32H31N3O6S. The summed E-state index contributed by atoms with van der Waals surface area (Å²) in [5.41, 5.74) is 1.39. The zero-order valence-electron chi connectivity index (χ0n) is 23.2. The van der Waals surface area contributed by atoms with Crippen LogP contribution >= 0.6 is 0 Å². The van der Waals surface area contributed by atoms with E-state index < -0.39 is 28.6 Å². The minimum absolute atomic E-state index is 0.181. The zero-order valence-corrected chi connectivity index (χ0v) is 24.0. The van der Waals surface area contributed by atoms with Gasteiger partial charge < -0.3 is 14.8 Å². The molecule has 216 valence electrons. The third-order valence-electron chi connectivity index (χ3n) is 8.10. The Bertz CT molecular complexity index is 1730. The Morgan fingerprint density at radius 1 is 0.952 bits per heavy atom. The van der Waals surface area contributed by atoms with Crippen LogP contribution in [-0.4, -0.2) is 43.3 Å². The number of nitrogens with zero attached hydrogens (tertiary/aromatic N) is 2. The van der Waals surface area contributed by atoms with Crippen molar-refractivity contribution in [3.8, 4) is 0 Å². The van der Waals surface area contributed by atoms with Gasteiger partial charge in [0.1, 0.15) is 17.6 Å². The van der Waals surface area contributed by atoms with E-state index in [9.17, 15) is 18.6 Å². The van der Waals surface area contributed by atoms with Crippen LogP contribution in [0, 0.1) is 6.92 Å². The van der Waals surface area contributed by atoms with Gasteiger partial charge in [0.2, 0.25) is 0 Å². The maximum Gasteiger partial charge on any atom is 0.407 e. The second-order valence-corrected chi connectivity index (χ2v) is 12.1. The van der Waals surface area contributed by atoms with E-state index in [1.54, 1.807) is 42.6 Å². The summed E-state index contributed by atoms with van der Waals surface area (Å²) < 4.78 is 28.1. The summed E-state index contributed by atoms with van der Waals surface area (Å²) in [6.45, 7) is 2.31. The summed E-state index contributed by atoms with van der Waals surface area (Å²) in [7, 11) is -1.56. The number of carbonyl (C=O) groups excluding carboxylic acids is 2. The number of alkyl carbamates (subject to hydrolysis) is 1. The zero-order chi connectivity index (χ0) is 29.3. The molecule has 2 heterocycles. The first-order chi connectivity index (χ1) is 20.4. The smallest absolute Gasteiger partial charge is 0.407 e. The number of carbonyl (C=O) groups is 2. The van der Waals surface area contributed by atoms with Crippen molar-refractivity contribution in [1.82, 2.24) is 14.2 Å². The predicted molar refractivity (Wildman–Crippen MR) is 158 cm³/mol. The van der Waals surface area contributed by atoms with Crippen molar-refractivity contribution in [2.45, 2.75) is 56.0 Å². The number of fused-ring (bicyclic) bond motifs is 1. The number of esters is 1. The van der Waals surface area contributed by atoms with Crippen molar-refractivity contribution >= 4 is 33.8 Å². The summed E-state index contributed by atoms with van der Waals surface area (Å²) >= 11 is 0. The lowest BCUT2D eigenvalue weighted by Gasteiger charge is -2.27. The lowest BCUT2D eigenvalue weighted by Crippen LogP contribution is -2.47. The molecule has 10 heteroatoms. The summed E-state index contributed by atoms with van der Waals surface area (Å²) in [6, 6.07) is 23.3. The third-order valence-corrected chi connectivity index (χ3v) is 9.78. The molecule has 0 bridgehead atoms. The molecule has 2 unspecified atom stereocenters. The topological polar surface area (TPSA) is 107 Å². The molecule has 1 aliphatic heterocycles. The van der Waals surface area contributed by atoms with Gasteiger partial charge >= 0.3 is 12.1 Å². The van der Waals surface area contributed by atoms with E-state index in [1.165, 1.54) is 4.57 Å². The Morgan fingerprint density at radius 2 is 1.71 bits per heavy atom. The molecule has 1 saturated carbocycles. The monoisotopic (exact) mass is 585 g/mol. The van der Waals surface area contributed by atoms with Gasteiger partial charge in [-0.15, -0.1) is 0 Å². The summed E-state index contributed by atoms with van der Waals surface area (Å²) in [4.78, 5) is 39.0. The number of hydrogen-bond acceptors (Lipinski definition) is 6. The first-order valence-corrected chi connectivity index (χ1v) is 15.0. The molecule has 0 radical (unpaired) electrons. The van der Waals surface area contributed by atoms with Gasteiger partial charge in [0, 0.05) is 23.5 Å². The molecule has 2 atom stereocenters. The highest BCUT2D eigenvalue weighted by molar-refractivity contribution is 7.83. The van der Waals surface area contributed by atoms with Gasteiger partial charge in [-0.1, -0.05) is 54.6 Å². The van der Waals surface area contributed by atoms with Crippen molar-refractivity contribution < 1.29 is 23.3 Å². The number of rotatable bonds is 8. The van der Waals surface area contributed by atoms with Crippen LogP contribution in [0.4, 0.5) is 4.79 Å². The number of pyridine rings is 1. The van der Waals surface area contributed by atoms with E-state index in [0.29, 0.717) is 34.2 Å². The second-order valence-electron chi connectivity index (χ2n) is 10.7. The Hall–Kier alpha value is -4.28. The van der Waals surface area contributed by atoms with Crippen LogP contribution in [-0.2, 0) is 33.8 Å². The fourth-order valence-corrected chi connectivity index (χ4v) is 7.38. The molecule has 3 aromatic carbocycles. The number of ether oxygens (including phenoxy) is 2. The van der Waals surface area contributed by atoms with E-state index in [4.69, 9.17) is 9.47 Å². The number of benzene rings is 3. The second kappa shape index (κ2) is 11.5. The number of amides is 1. The van der Waals surface area contributed by atoms with Crippen LogP contribution in [0.1, 0.15) is 40.7 Å². The first kappa shape index (κ1) is 27.9. The highest BCUT2D eigenvalue weighted by Gasteiger charge is 2.60. The first-order valence-electron chi connectivity index (χ1n) is 13.9. The van der Waals surface area contributed by atoms with Crippen LogP contribution in [0.3, 0.4) is 0 Å². The van der Waals surface area contributed by atoms with Crippen molar-refractivity contribution in [3.63, 3.8) is 0 Å². The van der Waals surface area contributed by atoms with Crippen molar-refractivity contribution in [2.24, 2.45) is 0 Å². The van der Waals surface area contributed by atoms with Crippen LogP contribution in [0.15, 0.2) is 94.7 Å². The van der Waals surface area contributed by atoms with Gasteiger partial charge in [-0.05, 0) is 61.6 Å². The number of aromatic nitrogens is 1. The molecule has 9 nitrogen and oxygen atoms in total. The Labute approximate surface area is 245 Å². The average molecular weight is 586 g/mol. The molecule has 2 fully saturated rings. The van der Waals surface area contributed by atoms with Crippen LogP contribution in [0.2, 0.25) is 0 Å². The number of nitrogens with one attached hydrogen (secondary N) is 1. The highest BCUT2D eigenvalue weighted by atomic mass is 32.2. The third kappa shape index (κ3) is 5.35. The quantitative estimate of drug-likeness (QED) is 0.301. The van der Waals surface area contributed by atoms with Gasteiger partial charge in [0.05, 0.1) is 22.0 Å². The highest BCUT2D eigenvalue weighted by Crippen LogP contribution is 2.51. The Morgan fingerprint density at radius 3 is 2.48 bits per heavy atom. The minimum atomic E-state index is -1.56. The standard InChI is InChI=1S/C32H31N3O6S/c1-22-8-5-6-11-24(22)30(37)41-21-34-18-14-25-26(29(34)36)12-7-13-27(25)42(39)35-19-15-28(32(35)16-17-32)33-31(38)40-20-23-9-3-2-4-10-23/h2-14,18,28H,15-17,19-21H2,1H3,(H,33,38). The largest absolute Gasteiger partial charge is 0.445 e. The van der Waals surface area contributed by atoms with Gasteiger partial charge in [-0.25, -0.2) is 18.1 Å². The van der Waals surface area contributed by atoms with Crippen LogP contribution in [0.25, 0.3) is 10.8 Å². The summed E-state index contributed by atoms with van der Waals surface area (Å²) in [5.74, 6) is -0.508. The average Bonchev–Trinajstić information content (AvgIpc) is 3.73. The summed E-state index contributed by atoms with van der Waals surface area (Å²) in [5, 5.41) is 3.97. The van der Waals surface area contributed by atoms with E-state index in [0.717, 1.165) is 24.0 Å². The maximum atomic E-state index is 14.0. The maximum absolute atomic E-state index is 14.0. The van der Waals surface area contributed by atoms with Crippen LogP contribution < -0.4 is 10.9 Å². The molecule has 1 aromatic heterocycles. The van der Waals surface area contributed by atoms with Crippen molar-refractivity contribution in [2.75, 3.05) is 6.54 Å². The van der Waals surface area contributed by atoms with Crippen molar-refractivity contribution in [3.05, 3.63) is 112 Å². The molecule has 1 spiro atoms. The fraction of sp³-hybridized carbons (Fsp3) is 0.281. The molecule has 4 aromatic rings. The van der Waals surface area contributed by atoms with E-state index in [1.807, 2.05) is 53.7 Å². The van der Waals surface area contributed by atoms with Crippen molar-refractivity contribution in [1.29, 1.82) is 0 Å². The lowest BCUT2D eigenvalue weighted by molar-refractivity contribution is 0.0366. The lowest BCUT2D eigenvalue weighted by atomic mass is 10.1. The number of aryl methyl sites for hydroxylation is 1. The molecule has 1 amide bonds. The molecule has 1 N–H and O–H groups in total. The molecular weight excluding hydrogens is 554 g/mol. The van der Waals surface area contributed by atoms with Crippen LogP contribution in [0.5, 0.6) is 0 Å². The molecule has 6 rings (SSSR count). The van der Waals surface area contributed by atoms with E-state index >= 15 is 0 Å². The Balaban J connectivity index is 1.15. The van der Waals surface area contributed by atoms with Gasteiger partial charge in [0.25, 0.3) is 5.56 Å². The van der Waals surface area contributed by atoms with Gasteiger partial charge in [-0.3, -0.25) is 9.36 Å². The van der Waals surface area contributed by atoms with E-state index in [2.05, 4.69) is 5.32 Å². The predicted octanol–water partition coefficient (Wildman–Crippen LogP) is 4.68. The fourth-order valence-electron chi connectivity index (χ4n) is 5.67. The normalized spacial score (nSPS) is 18.1. The minimum Gasteiger partial charge on any atom is -0.445 e. The SMILES string of the molecule is Cc1ccccc1C(=O)OCn1ccc2c(S(=O)N3CCC(NC(=O)OCc4ccccc4)C34CC4)cccc2c1=O. The van der Waals surface area contributed by atoms with Gasteiger partial charge in [-0.2, -0.15) is 0 Å². The number of hydrogen-bond donors (Lipinski definition) is 1. The Kier molecular flexibility index (Phi) is 7.66. The van der Waals surface area contributed by atoms with E-state index in [-0.39, 0.29) is 24.9 Å². The molecule has 42 heavy (non-hydrogen) atoms. The van der Waals surface area contributed by atoms with Gasteiger partial charge in [0.15, 0.2) is 6.73 Å².